The summed E-state index contributed by atoms with van der Waals surface area (Å²) >= 11 is 0. The summed E-state index contributed by atoms with van der Waals surface area (Å²) in [6.07, 6.45) is 0. The van der Waals surface area contributed by atoms with E-state index >= 15 is 0 Å². The Kier molecular flexibility index (Phi) is 8.28. The minimum Gasteiger partial charge on any atom is -0.425 e. The van der Waals surface area contributed by atoms with E-state index in [9.17, 15) is 14.8 Å². The highest BCUT2D eigenvalue weighted by Gasteiger charge is 2.12. The molecule has 2 aromatic heterocycles. The predicted molar refractivity (Wildman–Crippen MR) is 116 cm³/mol. The lowest BCUT2D eigenvalue weighted by atomic mass is 10.0. The number of hydrogen-bond acceptors (Lipinski definition) is 3. The average Bonchev–Trinajstić information content (AvgIpc) is 2.58. The highest BCUT2D eigenvalue weighted by molar-refractivity contribution is 5.21. The minimum absolute atomic E-state index is 0.141. The predicted octanol–water partition coefficient (Wildman–Crippen LogP) is 4.96. The lowest BCUT2D eigenvalue weighted by molar-refractivity contribution is 0.161. The average molecular weight is 389 g/mol. The van der Waals surface area contributed by atoms with Gasteiger partial charge in [0.2, 0.25) is 0 Å². The van der Waals surface area contributed by atoms with Crippen LogP contribution in [0.5, 0.6) is 0 Å². The number of hydrogen-bond donors (Lipinski definition) is 1. The van der Waals surface area contributed by atoms with E-state index in [0.29, 0.717) is 23.1 Å². The summed E-state index contributed by atoms with van der Waals surface area (Å²) in [5, 5.41) is 9.60. The van der Waals surface area contributed by atoms with Crippen LogP contribution in [0.2, 0.25) is 0 Å². The number of rotatable bonds is 4. The Morgan fingerprint density at radius 3 is 1.43 bits per heavy atom. The Bertz CT molecular complexity index is 828. The molecule has 1 N–H and O–H groups in total. The maximum absolute atomic E-state index is 11.9. The van der Waals surface area contributed by atoms with Gasteiger partial charge >= 0.3 is 0 Å². The van der Waals surface area contributed by atoms with Crippen LogP contribution >= 0.6 is 0 Å². The maximum atomic E-state index is 11.9. The van der Waals surface area contributed by atoms with E-state index in [1.165, 1.54) is 0 Å². The molecule has 0 amide bonds. The summed E-state index contributed by atoms with van der Waals surface area (Å²) in [5.74, 6) is 0.986. The van der Waals surface area contributed by atoms with Crippen molar-refractivity contribution in [3.05, 3.63) is 67.5 Å². The molecule has 0 aliphatic carbocycles. The van der Waals surface area contributed by atoms with E-state index in [2.05, 4.69) is 19.9 Å². The van der Waals surface area contributed by atoms with Crippen LogP contribution in [0, 0.1) is 0 Å². The Morgan fingerprint density at radius 1 is 0.643 bits per heavy atom. The molecule has 0 aliphatic rings. The molecule has 0 atom stereocenters. The van der Waals surface area contributed by atoms with Gasteiger partial charge in [0.1, 0.15) is 0 Å². The Balaban J connectivity index is 0.000000280. The molecule has 2 heterocycles. The second-order valence-corrected chi connectivity index (χ2v) is 8.53. The fourth-order valence-electron chi connectivity index (χ4n) is 3.12. The van der Waals surface area contributed by atoms with Gasteiger partial charge in [0, 0.05) is 23.9 Å². The second kappa shape index (κ2) is 9.76. The van der Waals surface area contributed by atoms with Crippen molar-refractivity contribution in [1.29, 1.82) is 0 Å². The fraction of sp³-hybridized carbons (Fsp3) is 0.565. The molecule has 0 spiro atoms. The van der Waals surface area contributed by atoms with Crippen LogP contribution in [0.15, 0.2) is 33.9 Å². The molecule has 5 nitrogen and oxygen atoms in total. The van der Waals surface area contributed by atoms with Crippen molar-refractivity contribution < 1.29 is 5.21 Å². The lowest BCUT2D eigenvalue weighted by Gasteiger charge is -2.14. The van der Waals surface area contributed by atoms with Gasteiger partial charge < -0.3 is 9.77 Å². The summed E-state index contributed by atoms with van der Waals surface area (Å²) in [7, 11) is 1.85. The summed E-state index contributed by atoms with van der Waals surface area (Å²) in [5.41, 5.74) is 3.14. The maximum Gasteiger partial charge on any atom is 0.286 e. The molecule has 0 radical (unpaired) electrons. The first-order chi connectivity index (χ1) is 12.9. The zero-order chi connectivity index (χ0) is 21.8. The highest BCUT2D eigenvalue weighted by Crippen LogP contribution is 2.16. The molecule has 0 saturated heterocycles. The first-order valence-corrected chi connectivity index (χ1v) is 10.0. The normalized spacial score (nSPS) is 11.3. The molecule has 0 saturated carbocycles. The molecule has 0 unspecified atom stereocenters. The first-order valence-electron chi connectivity index (χ1n) is 10.0. The molecule has 0 aromatic carbocycles. The molecule has 0 bridgehead atoms. The smallest absolute Gasteiger partial charge is 0.286 e. The highest BCUT2D eigenvalue weighted by atomic mass is 16.5. The third-order valence-corrected chi connectivity index (χ3v) is 4.92. The van der Waals surface area contributed by atoms with Gasteiger partial charge in [-0.2, -0.15) is 4.73 Å². The van der Waals surface area contributed by atoms with Crippen LogP contribution < -0.4 is 11.1 Å². The van der Waals surface area contributed by atoms with E-state index in [1.54, 1.807) is 16.7 Å². The molecule has 5 heteroatoms. The van der Waals surface area contributed by atoms with Gasteiger partial charge in [-0.05, 0) is 35.8 Å². The van der Waals surface area contributed by atoms with Crippen LogP contribution in [0.1, 0.15) is 102 Å². The third kappa shape index (κ3) is 5.37. The largest absolute Gasteiger partial charge is 0.425 e. The van der Waals surface area contributed by atoms with Crippen molar-refractivity contribution >= 4 is 0 Å². The summed E-state index contributed by atoms with van der Waals surface area (Å²) in [4.78, 5) is 23.5. The van der Waals surface area contributed by atoms with E-state index < -0.39 is 0 Å². The SMILES string of the molecule is CC(C)c1ccc(C(C)C)n(C)c1=O.CC(C)c1ccc(C(C)C)n(O)c1=O. The van der Waals surface area contributed by atoms with Gasteiger partial charge in [0.25, 0.3) is 11.1 Å². The van der Waals surface area contributed by atoms with Gasteiger partial charge in [-0.25, -0.2) is 0 Å². The van der Waals surface area contributed by atoms with Gasteiger partial charge in [0.15, 0.2) is 0 Å². The third-order valence-electron chi connectivity index (χ3n) is 4.92. The van der Waals surface area contributed by atoms with Crippen molar-refractivity contribution in [2.24, 2.45) is 7.05 Å². The fourth-order valence-corrected chi connectivity index (χ4v) is 3.12. The quantitative estimate of drug-likeness (QED) is 0.753. The Labute approximate surface area is 168 Å². The molecule has 0 fully saturated rings. The molecule has 0 aliphatic heterocycles. The van der Waals surface area contributed by atoms with Crippen LogP contribution in [0.25, 0.3) is 0 Å². The van der Waals surface area contributed by atoms with Gasteiger partial charge in [-0.15, -0.1) is 0 Å². The molecular formula is C23H36N2O3. The van der Waals surface area contributed by atoms with E-state index in [-0.39, 0.29) is 23.0 Å². The van der Waals surface area contributed by atoms with Crippen LogP contribution in [-0.4, -0.2) is 14.5 Å². The first kappa shape index (κ1) is 23.7. The van der Waals surface area contributed by atoms with E-state index in [1.807, 2.05) is 54.7 Å². The van der Waals surface area contributed by atoms with Crippen LogP contribution in [0.3, 0.4) is 0 Å². The molecular weight excluding hydrogens is 352 g/mol. The monoisotopic (exact) mass is 388 g/mol. The lowest BCUT2D eigenvalue weighted by Crippen LogP contribution is -2.25. The van der Waals surface area contributed by atoms with Crippen molar-refractivity contribution in [3.63, 3.8) is 0 Å². The number of pyridine rings is 2. The second-order valence-electron chi connectivity index (χ2n) is 8.53. The van der Waals surface area contributed by atoms with Crippen LogP contribution in [-0.2, 0) is 7.05 Å². The standard InChI is InChI=1S/C12H19NO.C11H17NO2/c1-8(2)10-6-7-11(9(3)4)13(5)12(10)14;1-7(2)9-5-6-10(8(3)4)12(14)11(9)13/h6-9H,1-5H3;5-8,14H,1-4H3. The summed E-state index contributed by atoms with van der Waals surface area (Å²) in [6.45, 7) is 16.1. The van der Waals surface area contributed by atoms with Crippen molar-refractivity contribution in [2.75, 3.05) is 0 Å². The summed E-state index contributed by atoms with van der Waals surface area (Å²) in [6, 6.07) is 7.63. The molecule has 2 rings (SSSR count). The molecule has 156 valence electrons. The van der Waals surface area contributed by atoms with E-state index in [0.717, 1.165) is 16.0 Å². The molecule has 2 aromatic rings. The zero-order valence-corrected chi connectivity index (χ0v) is 18.8. The van der Waals surface area contributed by atoms with Gasteiger partial charge in [-0.1, -0.05) is 67.5 Å². The van der Waals surface area contributed by atoms with Crippen molar-refractivity contribution in [2.45, 2.75) is 79.1 Å². The Morgan fingerprint density at radius 2 is 1.04 bits per heavy atom. The summed E-state index contributed by atoms with van der Waals surface area (Å²) < 4.78 is 2.53. The van der Waals surface area contributed by atoms with Crippen molar-refractivity contribution in [1.82, 2.24) is 9.30 Å². The van der Waals surface area contributed by atoms with E-state index in [4.69, 9.17) is 0 Å². The number of aromatic nitrogens is 2. The minimum atomic E-state index is -0.300. The van der Waals surface area contributed by atoms with Gasteiger partial charge in [-0.3, -0.25) is 9.59 Å². The molecule has 28 heavy (non-hydrogen) atoms. The Hall–Kier alpha value is -2.30. The zero-order valence-electron chi connectivity index (χ0n) is 18.8. The van der Waals surface area contributed by atoms with Crippen LogP contribution in [0.4, 0.5) is 0 Å². The van der Waals surface area contributed by atoms with Gasteiger partial charge in [0.05, 0.1) is 5.69 Å². The topological polar surface area (TPSA) is 64.2 Å². The number of nitrogens with zero attached hydrogens (tertiary/aromatic N) is 2. The van der Waals surface area contributed by atoms with Crippen molar-refractivity contribution in [3.8, 4) is 0 Å².